The van der Waals surface area contributed by atoms with Gasteiger partial charge in [-0.1, -0.05) is 26.0 Å². The predicted molar refractivity (Wildman–Crippen MR) is 77.2 cm³/mol. The van der Waals surface area contributed by atoms with Crippen LogP contribution in [0.1, 0.15) is 37.0 Å². The van der Waals surface area contributed by atoms with Crippen molar-refractivity contribution in [3.05, 3.63) is 29.8 Å². The minimum atomic E-state index is 0.128. The number of rotatable bonds is 2. The number of likely N-dealkylation sites (tertiary alicyclic amines) is 1. The molecule has 1 amide bonds. The van der Waals surface area contributed by atoms with Gasteiger partial charge in [-0.3, -0.25) is 4.79 Å². The van der Waals surface area contributed by atoms with E-state index in [1.165, 1.54) is 0 Å². The minimum Gasteiger partial charge on any atom is -0.339 e. The van der Waals surface area contributed by atoms with Gasteiger partial charge in [0.1, 0.15) is 0 Å². The average molecular weight is 263 g/mol. The molecule has 0 aliphatic carbocycles. The van der Waals surface area contributed by atoms with Crippen LogP contribution in [0.2, 0.25) is 0 Å². The zero-order valence-corrected chi connectivity index (χ0v) is 12.0. The molecule has 0 spiro atoms. The second kappa shape index (κ2) is 5.79. The number of hydrogen-bond donors (Lipinski definition) is 1. The molecule has 1 aliphatic rings. The van der Waals surface area contributed by atoms with Crippen molar-refractivity contribution in [3.63, 3.8) is 0 Å². The SMILES string of the molecule is CC(C)C1CCN(C(=O)c2ccccc2S)CC1. The third-order valence-electron chi connectivity index (χ3n) is 3.90. The van der Waals surface area contributed by atoms with Gasteiger partial charge >= 0.3 is 0 Å². The van der Waals surface area contributed by atoms with Gasteiger partial charge in [0, 0.05) is 18.0 Å². The van der Waals surface area contributed by atoms with Gasteiger partial charge < -0.3 is 4.90 Å². The molecule has 0 aromatic heterocycles. The average Bonchev–Trinajstić information content (AvgIpc) is 2.38. The molecule has 0 saturated carbocycles. The van der Waals surface area contributed by atoms with Crippen LogP contribution in [0.15, 0.2) is 29.2 Å². The quantitative estimate of drug-likeness (QED) is 0.810. The second-order valence-corrected chi connectivity index (χ2v) is 5.87. The molecule has 0 atom stereocenters. The summed E-state index contributed by atoms with van der Waals surface area (Å²) in [6, 6.07) is 7.54. The van der Waals surface area contributed by atoms with Gasteiger partial charge in [-0.25, -0.2) is 0 Å². The van der Waals surface area contributed by atoms with Gasteiger partial charge in [-0.2, -0.15) is 0 Å². The van der Waals surface area contributed by atoms with E-state index in [4.69, 9.17) is 0 Å². The Balaban J connectivity index is 2.02. The number of benzene rings is 1. The molecular weight excluding hydrogens is 242 g/mol. The topological polar surface area (TPSA) is 20.3 Å². The molecule has 0 N–H and O–H groups in total. The highest BCUT2D eigenvalue weighted by Crippen LogP contribution is 2.26. The Bertz CT molecular complexity index is 422. The highest BCUT2D eigenvalue weighted by atomic mass is 32.1. The van der Waals surface area contributed by atoms with E-state index < -0.39 is 0 Å². The smallest absolute Gasteiger partial charge is 0.254 e. The van der Waals surface area contributed by atoms with Crippen molar-refractivity contribution < 1.29 is 4.79 Å². The van der Waals surface area contributed by atoms with Crippen LogP contribution in [0.25, 0.3) is 0 Å². The number of carbonyl (C=O) groups excluding carboxylic acids is 1. The summed E-state index contributed by atoms with van der Waals surface area (Å²) in [5.74, 6) is 1.61. The molecular formula is C15H21NOS. The van der Waals surface area contributed by atoms with Crippen molar-refractivity contribution in [2.24, 2.45) is 11.8 Å². The first-order valence-corrected chi connectivity index (χ1v) is 7.11. The summed E-state index contributed by atoms with van der Waals surface area (Å²) in [6.45, 7) is 6.30. The summed E-state index contributed by atoms with van der Waals surface area (Å²) in [7, 11) is 0. The first kappa shape index (κ1) is 13.5. The van der Waals surface area contributed by atoms with Crippen molar-refractivity contribution in [3.8, 4) is 0 Å². The highest BCUT2D eigenvalue weighted by Gasteiger charge is 2.25. The van der Waals surface area contributed by atoms with Gasteiger partial charge in [-0.15, -0.1) is 12.6 Å². The van der Waals surface area contributed by atoms with Crippen molar-refractivity contribution in [1.82, 2.24) is 4.90 Å². The maximum atomic E-state index is 12.4. The van der Waals surface area contributed by atoms with Crippen molar-refractivity contribution in [1.29, 1.82) is 0 Å². The molecule has 1 saturated heterocycles. The summed E-state index contributed by atoms with van der Waals surface area (Å²) >= 11 is 4.36. The molecule has 1 heterocycles. The molecule has 1 aromatic rings. The standard InChI is InChI=1S/C15H21NOS/c1-11(2)12-7-9-16(10-8-12)15(17)13-5-3-4-6-14(13)18/h3-6,11-12,18H,7-10H2,1-2H3. The molecule has 0 radical (unpaired) electrons. The van der Waals surface area contributed by atoms with E-state index in [0.29, 0.717) is 0 Å². The van der Waals surface area contributed by atoms with Crippen LogP contribution in [-0.4, -0.2) is 23.9 Å². The number of nitrogens with zero attached hydrogens (tertiary/aromatic N) is 1. The Labute approximate surface area is 115 Å². The number of amides is 1. The highest BCUT2D eigenvalue weighted by molar-refractivity contribution is 7.80. The minimum absolute atomic E-state index is 0.128. The van der Waals surface area contributed by atoms with Crippen molar-refractivity contribution in [2.45, 2.75) is 31.6 Å². The molecule has 0 bridgehead atoms. The number of thiol groups is 1. The first-order chi connectivity index (χ1) is 8.59. The molecule has 0 unspecified atom stereocenters. The summed E-state index contributed by atoms with van der Waals surface area (Å²) in [5.41, 5.74) is 0.726. The number of piperidine rings is 1. The Kier molecular flexibility index (Phi) is 4.33. The fourth-order valence-electron chi connectivity index (χ4n) is 2.59. The Hall–Kier alpha value is -0.960. The Morgan fingerprint density at radius 3 is 2.44 bits per heavy atom. The summed E-state index contributed by atoms with van der Waals surface area (Å²) in [4.78, 5) is 15.1. The largest absolute Gasteiger partial charge is 0.339 e. The van der Waals surface area contributed by atoms with E-state index in [-0.39, 0.29) is 5.91 Å². The maximum absolute atomic E-state index is 12.4. The lowest BCUT2D eigenvalue weighted by atomic mass is 9.86. The van der Waals surface area contributed by atoms with Crippen LogP contribution < -0.4 is 0 Å². The van der Waals surface area contributed by atoms with Crippen LogP contribution in [0.3, 0.4) is 0 Å². The monoisotopic (exact) mass is 263 g/mol. The van der Waals surface area contributed by atoms with E-state index in [1.54, 1.807) is 0 Å². The van der Waals surface area contributed by atoms with Crippen molar-refractivity contribution in [2.75, 3.05) is 13.1 Å². The molecule has 1 fully saturated rings. The molecule has 1 aromatic carbocycles. The van der Waals surface area contributed by atoms with Crippen LogP contribution in [-0.2, 0) is 0 Å². The normalized spacial score (nSPS) is 17.2. The summed E-state index contributed by atoms with van der Waals surface area (Å²) in [5, 5.41) is 0. The fourth-order valence-corrected chi connectivity index (χ4v) is 2.85. The number of hydrogen-bond acceptors (Lipinski definition) is 2. The van der Waals surface area contributed by atoms with Crippen LogP contribution in [0.5, 0.6) is 0 Å². The molecule has 98 valence electrons. The van der Waals surface area contributed by atoms with Crippen LogP contribution in [0, 0.1) is 11.8 Å². The van der Waals surface area contributed by atoms with E-state index in [0.717, 1.165) is 48.2 Å². The lowest BCUT2D eigenvalue weighted by Gasteiger charge is -2.34. The Morgan fingerprint density at radius 2 is 1.89 bits per heavy atom. The molecule has 3 heteroatoms. The van der Waals surface area contributed by atoms with Gasteiger partial charge in [0.05, 0.1) is 5.56 Å². The lowest BCUT2D eigenvalue weighted by molar-refractivity contribution is 0.0664. The fraction of sp³-hybridized carbons (Fsp3) is 0.533. The second-order valence-electron chi connectivity index (χ2n) is 5.39. The van der Waals surface area contributed by atoms with Crippen LogP contribution in [0.4, 0.5) is 0 Å². The van der Waals surface area contributed by atoms with Gasteiger partial charge in [0.15, 0.2) is 0 Å². The van der Waals surface area contributed by atoms with E-state index >= 15 is 0 Å². The Morgan fingerprint density at radius 1 is 1.28 bits per heavy atom. The lowest BCUT2D eigenvalue weighted by Crippen LogP contribution is -2.39. The molecule has 2 rings (SSSR count). The zero-order valence-electron chi connectivity index (χ0n) is 11.1. The molecule has 1 aliphatic heterocycles. The van der Waals surface area contributed by atoms with E-state index in [1.807, 2.05) is 29.2 Å². The maximum Gasteiger partial charge on any atom is 0.254 e. The molecule has 18 heavy (non-hydrogen) atoms. The summed E-state index contributed by atoms with van der Waals surface area (Å²) < 4.78 is 0. The van der Waals surface area contributed by atoms with Crippen molar-refractivity contribution >= 4 is 18.5 Å². The third kappa shape index (κ3) is 2.89. The van der Waals surface area contributed by atoms with Gasteiger partial charge in [0.2, 0.25) is 0 Å². The predicted octanol–water partition coefficient (Wildman–Crippen LogP) is 3.48. The summed E-state index contributed by atoms with van der Waals surface area (Å²) in [6.07, 6.45) is 2.25. The third-order valence-corrected chi connectivity index (χ3v) is 4.29. The van der Waals surface area contributed by atoms with Crippen LogP contribution >= 0.6 is 12.6 Å². The first-order valence-electron chi connectivity index (χ1n) is 6.67. The van der Waals surface area contributed by atoms with E-state index in [2.05, 4.69) is 26.5 Å². The number of carbonyl (C=O) groups is 1. The zero-order chi connectivity index (χ0) is 13.1. The van der Waals surface area contributed by atoms with Gasteiger partial charge in [0.25, 0.3) is 5.91 Å². The molecule has 2 nitrogen and oxygen atoms in total. The van der Waals surface area contributed by atoms with E-state index in [9.17, 15) is 4.79 Å². The van der Waals surface area contributed by atoms with Gasteiger partial charge in [-0.05, 0) is 36.8 Å².